The summed E-state index contributed by atoms with van der Waals surface area (Å²) >= 11 is 0. The summed E-state index contributed by atoms with van der Waals surface area (Å²) in [5, 5.41) is 9.63. The van der Waals surface area contributed by atoms with Crippen LogP contribution >= 0.6 is 0 Å². The second-order valence-corrected chi connectivity index (χ2v) is 4.92. The minimum absolute atomic E-state index is 0.215. The summed E-state index contributed by atoms with van der Waals surface area (Å²) in [5.41, 5.74) is -0.584. The highest BCUT2D eigenvalue weighted by atomic mass is 16.8. The highest BCUT2D eigenvalue weighted by Crippen LogP contribution is 2.56. The number of hydrogen-bond acceptors (Lipinski definition) is 5. The van der Waals surface area contributed by atoms with Crippen molar-refractivity contribution >= 4 is 0 Å². The molecule has 15 heavy (non-hydrogen) atoms. The lowest BCUT2D eigenvalue weighted by atomic mass is 10.1. The average Bonchev–Trinajstić information content (AvgIpc) is 2.53. The summed E-state index contributed by atoms with van der Waals surface area (Å²) in [5.74, 6) is -0.620. The maximum atomic E-state index is 9.63. The molecule has 0 bridgehead atoms. The number of aliphatic hydroxyl groups excluding tert-OH is 1. The fourth-order valence-electron chi connectivity index (χ4n) is 2.57. The molecule has 1 N–H and O–H groups in total. The molecule has 1 spiro atoms. The van der Waals surface area contributed by atoms with Crippen molar-refractivity contribution in [1.29, 1.82) is 0 Å². The molecule has 0 amide bonds. The Labute approximate surface area is 88.3 Å². The van der Waals surface area contributed by atoms with E-state index in [2.05, 4.69) is 0 Å². The summed E-state index contributed by atoms with van der Waals surface area (Å²) in [6, 6.07) is 0. The van der Waals surface area contributed by atoms with Gasteiger partial charge in [-0.25, -0.2) is 0 Å². The van der Waals surface area contributed by atoms with E-state index in [1.165, 1.54) is 0 Å². The molecule has 0 aromatic carbocycles. The van der Waals surface area contributed by atoms with Gasteiger partial charge in [-0.1, -0.05) is 0 Å². The molecule has 0 aromatic rings. The van der Waals surface area contributed by atoms with E-state index < -0.39 is 23.8 Å². The Hall–Kier alpha value is -0.200. The molecular formula is C10H16O5. The van der Waals surface area contributed by atoms with Gasteiger partial charge in [0, 0.05) is 13.5 Å². The third-order valence-electron chi connectivity index (χ3n) is 3.36. The minimum atomic E-state index is -0.620. The number of hydrogen-bond donors (Lipinski definition) is 1. The number of aliphatic hydroxyl groups is 1. The lowest BCUT2D eigenvalue weighted by Gasteiger charge is -2.23. The number of methoxy groups -OCH3 is 1. The fraction of sp³-hybridized carbons (Fsp3) is 1.00. The van der Waals surface area contributed by atoms with E-state index in [4.69, 9.17) is 18.9 Å². The van der Waals surface area contributed by atoms with Crippen molar-refractivity contribution in [2.75, 3.05) is 7.11 Å². The maximum absolute atomic E-state index is 9.63. The molecular weight excluding hydrogens is 200 g/mol. The van der Waals surface area contributed by atoms with Crippen LogP contribution in [0.2, 0.25) is 0 Å². The lowest BCUT2D eigenvalue weighted by Crippen LogP contribution is -2.34. The van der Waals surface area contributed by atoms with Crippen LogP contribution in [0.3, 0.4) is 0 Å². The molecule has 2 aliphatic heterocycles. The van der Waals surface area contributed by atoms with Gasteiger partial charge in [0.15, 0.2) is 12.1 Å². The van der Waals surface area contributed by atoms with E-state index in [1.807, 2.05) is 13.8 Å². The van der Waals surface area contributed by atoms with Crippen molar-refractivity contribution in [3.05, 3.63) is 0 Å². The highest BCUT2D eigenvalue weighted by Gasteiger charge is 2.73. The predicted octanol–water partition coefficient (Wildman–Crippen LogP) is 0.0126. The van der Waals surface area contributed by atoms with Crippen molar-refractivity contribution in [2.45, 2.75) is 56.3 Å². The molecule has 0 radical (unpaired) electrons. The molecule has 86 valence electrons. The summed E-state index contributed by atoms with van der Waals surface area (Å²) in [6.07, 6.45) is -0.737. The molecule has 2 saturated heterocycles. The molecule has 5 atom stereocenters. The zero-order valence-electron chi connectivity index (χ0n) is 9.10. The van der Waals surface area contributed by atoms with Crippen LogP contribution in [0.5, 0.6) is 0 Å². The zero-order chi connectivity index (χ0) is 10.8. The lowest BCUT2D eigenvalue weighted by molar-refractivity contribution is -0.236. The molecule has 3 aliphatic rings. The molecule has 3 fully saturated rings. The van der Waals surface area contributed by atoms with Crippen LogP contribution in [0, 0.1) is 0 Å². The van der Waals surface area contributed by atoms with E-state index in [1.54, 1.807) is 7.11 Å². The van der Waals surface area contributed by atoms with Crippen LogP contribution in [0.1, 0.15) is 20.3 Å². The normalized spacial score (nSPS) is 56.0. The van der Waals surface area contributed by atoms with Crippen molar-refractivity contribution in [3.63, 3.8) is 0 Å². The van der Waals surface area contributed by atoms with Crippen LogP contribution in [-0.4, -0.2) is 48.2 Å². The smallest absolute Gasteiger partial charge is 0.187 e. The molecule has 1 saturated carbocycles. The molecule has 5 nitrogen and oxygen atoms in total. The first-order chi connectivity index (χ1) is 6.98. The van der Waals surface area contributed by atoms with E-state index in [0.717, 1.165) is 0 Å². The number of ether oxygens (including phenoxy) is 4. The van der Waals surface area contributed by atoms with Crippen LogP contribution < -0.4 is 0 Å². The predicted molar refractivity (Wildman–Crippen MR) is 49.1 cm³/mol. The van der Waals surface area contributed by atoms with Gasteiger partial charge in [-0.2, -0.15) is 0 Å². The first-order valence-electron chi connectivity index (χ1n) is 5.23. The second kappa shape index (κ2) is 2.73. The van der Waals surface area contributed by atoms with Gasteiger partial charge in [0.05, 0.1) is 6.10 Å². The maximum Gasteiger partial charge on any atom is 0.187 e. The largest absolute Gasteiger partial charge is 0.390 e. The molecule has 0 aromatic heterocycles. The number of fused-ring (bicyclic) bond motifs is 2. The van der Waals surface area contributed by atoms with Crippen molar-refractivity contribution in [2.24, 2.45) is 0 Å². The topological polar surface area (TPSA) is 57.2 Å². The Morgan fingerprint density at radius 2 is 1.93 bits per heavy atom. The van der Waals surface area contributed by atoms with Crippen molar-refractivity contribution in [1.82, 2.24) is 0 Å². The minimum Gasteiger partial charge on any atom is -0.390 e. The van der Waals surface area contributed by atoms with Gasteiger partial charge in [0.1, 0.15) is 17.8 Å². The first kappa shape index (κ1) is 9.99. The molecule has 5 heteroatoms. The second-order valence-electron chi connectivity index (χ2n) is 4.92. The molecule has 3 rings (SSSR count). The summed E-state index contributed by atoms with van der Waals surface area (Å²) in [6.45, 7) is 3.72. The van der Waals surface area contributed by atoms with Crippen molar-refractivity contribution in [3.8, 4) is 0 Å². The average molecular weight is 216 g/mol. The summed E-state index contributed by atoms with van der Waals surface area (Å²) in [7, 11) is 1.57. The molecule has 1 aliphatic carbocycles. The van der Waals surface area contributed by atoms with Crippen LogP contribution in [0.4, 0.5) is 0 Å². The summed E-state index contributed by atoms with van der Waals surface area (Å²) < 4.78 is 22.3. The Bertz CT molecular complexity index is 292. The SMILES string of the molecule is COC1O[C@@]2(C[C@@H]2O)[C@@H]2OC(C)(C)O[C@H]12. The van der Waals surface area contributed by atoms with Gasteiger partial charge in [0.25, 0.3) is 0 Å². The standard InChI is InChI=1S/C10H16O5/c1-9(2)13-6-7(14-9)10(4-5(10)11)15-8(6)12-3/h5-8,11H,4H2,1-3H3/t5-,6-,7+,8?,10+/m0/s1. The highest BCUT2D eigenvalue weighted by molar-refractivity contribution is 5.19. The Morgan fingerprint density at radius 1 is 1.27 bits per heavy atom. The Kier molecular flexibility index (Phi) is 1.81. The van der Waals surface area contributed by atoms with Gasteiger partial charge in [-0.15, -0.1) is 0 Å². The quantitative estimate of drug-likeness (QED) is 0.669. The zero-order valence-corrected chi connectivity index (χ0v) is 9.10. The van der Waals surface area contributed by atoms with Gasteiger partial charge in [-0.3, -0.25) is 0 Å². The van der Waals surface area contributed by atoms with Crippen LogP contribution in [-0.2, 0) is 18.9 Å². The summed E-state index contributed by atoms with van der Waals surface area (Å²) in [4.78, 5) is 0. The third-order valence-corrected chi connectivity index (χ3v) is 3.36. The number of rotatable bonds is 1. The van der Waals surface area contributed by atoms with Gasteiger partial charge in [0.2, 0.25) is 0 Å². The van der Waals surface area contributed by atoms with Gasteiger partial charge < -0.3 is 24.1 Å². The fourth-order valence-corrected chi connectivity index (χ4v) is 2.57. The Balaban J connectivity index is 1.88. The Morgan fingerprint density at radius 3 is 2.47 bits per heavy atom. The van der Waals surface area contributed by atoms with Crippen LogP contribution in [0.25, 0.3) is 0 Å². The van der Waals surface area contributed by atoms with Gasteiger partial charge in [-0.05, 0) is 13.8 Å². The monoisotopic (exact) mass is 216 g/mol. The van der Waals surface area contributed by atoms with Gasteiger partial charge >= 0.3 is 0 Å². The van der Waals surface area contributed by atoms with Crippen molar-refractivity contribution < 1.29 is 24.1 Å². The van der Waals surface area contributed by atoms with E-state index >= 15 is 0 Å². The van der Waals surface area contributed by atoms with E-state index in [9.17, 15) is 5.11 Å². The third kappa shape index (κ3) is 1.21. The first-order valence-corrected chi connectivity index (χ1v) is 5.23. The van der Waals surface area contributed by atoms with Crippen LogP contribution in [0.15, 0.2) is 0 Å². The van der Waals surface area contributed by atoms with E-state index in [0.29, 0.717) is 6.42 Å². The molecule has 1 unspecified atom stereocenters. The van der Waals surface area contributed by atoms with E-state index in [-0.39, 0.29) is 12.2 Å². The molecule has 2 heterocycles.